The normalized spacial score (nSPS) is 33.4. The van der Waals surface area contributed by atoms with Gasteiger partial charge in [-0.05, 0) is 18.6 Å². The van der Waals surface area contributed by atoms with Crippen LogP contribution in [0.3, 0.4) is 0 Å². The monoisotopic (exact) mass is 1030 g/mol. The van der Waals surface area contributed by atoms with E-state index < -0.39 is 165 Å². The van der Waals surface area contributed by atoms with E-state index in [1.54, 1.807) is 0 Å². The van der Waals surface area contributed by atoms with Crippen molar-refractivity contribution in [3.8, 4) is 0 Å². The van der Waals surface area contributed by atoms with Crippen LogP contribution in [-0.2, 0) is 90.4 Å². The molecular formula is C42H52BrNO24. The van der Waals surface area contributed by atoms with Crippen molar-refractivity contribution in [2.75, 3.05) is 25.2 Å². The Morgan fingerprint density at radius 3 is 1.38 bits per heavy atom. The van der Waals surface area contributed by atoms with Gasteiger partial charge in [0.1, 0.15) is 55.4 Å². The number of hydrogen-bond donors (Lipinski definition) is 3. The van der Waals surface area contributed by atoms with Crippen LogP contribution in [0.15, 0.2) is 24.3 Å². The first kappa shape index (κ1) is 53.8. The smallest absolute Gasteiger partial charge is 0.303 e. The molecular weight excluding hydrogens is 982 g/mol. The lowest BCUT2D eigenvalue weighted by Crippen LogP contribution is -2.75. The number of rotatable bonds is 17. The van der Waals surface area contributed by atoms with Crippen molar-refractivity contribution in [3.05, 3.63) is 35.4 Å². The predicted molar refractivity (Wildman–Crippen MR) is 220 cm³/mol. The van der Waals surface area contributed by atoms with Crippen molar-refractivity contribution in [1.29, 1.82) is 0 Å². The summed E-state index contributed by atoms with van der Waals surface area (Å²) in [6, 6.07) is 5.72. The zero-order chi connectivity index (χ0) is 50.4. The van der Waals surface area contributed by atoms with E-state index in [1.165, 1.54) is 24.3 Å². The van der Waals surface area contributed by atoms with Crippen LogP contribution in [0.5, 0.6) is 0 Å². The summed E-state index contributed by atoms with van der Waals surface area (Å²) in [4.78, 5) is 116. The van der Waals surface area contributed by atoms with E-state index in [-0.39, 0.29) is 22.9 Å². The van der Waals surface area contributed by atoms with Crippen molar-refractivity contribution in [2.24, 2.45) is 0 Å². The van der Waals surface area contributed by atoms with Gasteiger partial charge in [-0.3, -0.25) is 48.1 Å². The SMILES string of the molecule is CC(=O)OC[C@H]1O[C@H](O[C@@H]2[C@H](OC(C)=O)[C@@H](OC(C)=O)[C@H](O[C@@H]3[C@@H](CO)O[C@@H](O)[C@](CCBr)(N4C(=O)c5ccccc5C4=O)[C@H]3O)O[C@@H]2COC(C)=O)[C@H](OC(C)=O)[C@@H](OC(C)=O)[C@H]1OC(C)=O. The molecule has 26 heteroatoms. The highest BCUT2D eigenvalue weighted by Crippen LogP contribution is 2.44. The molecule has 0 radical (unpaired) electrons. The van der Waals surface area contributed by atoms with Crippen molar-refractivity contribution >= 4 is 69.5 Å². The second-order valence-electron chi connectivity index (χ2n) is 15.8. The Kier molecular flexibility index (Phi) is 18.1. The Morgan fingerprint density at radius 2 is 0.971 bits per heavy atom. The van der Waals surface area contributed by atoms with Gasteiger partial charge in [-0.2, -0.15) is 0 Å². The molecule has 1 aromatic carbocycles. The molecule has 5 rings (SSSR count). The van der Waals surface area contributed by atoms with E-state index in [4.69, 9.17) is 56.8 Å². The molecule has 4 aliphatic heterocycles. The van der Waals surface area contributed by atoms with Crippen LogP contribution < -0.4 is 0 Å². The predicted octanol–water partition coefficient (Wildman–Crippen LogP) is -1.12. The average Bonchev–Trinajstić information content (AvgIpc) is 3.50. The minimum atomic E-state index is -2.36. The highest BCUT2D eigenvalue weighted by Gasteiger charge is 2.65. The minimum absolute atomic E-state index is 0.0571. The molecule has 0 spiro atoms. The molecule has 0 bridgehead atoms. The molecule has 376 valence electrons. The second kappa shape index (κ2) is 22.9. The number of alkyl halides is 1. The zero-order valence-corrected chi connectivity index (χ0v) is 39.3. The van der Waals surface area contributed by atoms with E-state index >= 15 is 0 Å². The third-order valence-corrected chi connectivity index (χ3v) is 11.4. The first-order valence-electron chi connectivity index (χ1n) is 21.0. The first-order valence-corrected chi connectivity index (χ1v) is 22.1. The quantitative estimate of drug-likeness (QED) is 0.0720. The van der Waals surface area contributed by atoms with Gasteiger partial charge in [0.2, 0.25) is 0 Å². The molecule has 0 saturated carbocycles. The molecule has 0 unspecified atom stereocenters. The lowest BCUT2D eigenvalue weighted by molar-refractivity contribution is -0.380. The number of ether oxygens (including phenoxy) is 12. The molecule has 25 nitrogen and oxygen atoms in total. The summed E-state index contributed by atoms with van der Waals surface area (Å²) in [5, 5.41) is 34.5. The topological polar surface area (TPSA) is 328 Å². The fraction of sp³-hybridized carbons (Fsp3) is 0.643. The molecule has 68 heavy (non-hydrogen) atoms. The van der Waals surface area contributed by atoms with E-state index in [0.29, 0.717) is 4.90 Å². The standard InChI is InChI=1S/C42H52BrNO24/c1-17(46)57-15-27-29(59-19(3)48)32(60-20(4)49)34(62-22(6)51)39(64-27)67-30-28(16-58-18(2)47)65-40(35(63-23(7)52)33(30)61-21(5)50)68-31-26(14-45)66-41(56)42(12-13-43,36(31)53)44-37(54)24-10-8-9-11-25(24)38(44)55/h8-11,26-36,39-41,45,53,56H,12-16H2,1-7H3/t26-,27-,28-,29+,30+,31-,32+,33+,34-,35-,36+,39-,40+,41-,42-/m1/s1. The maximum absolute atomic E-state index is 14.0. The number of aliphatic hydroxyl groups excluding tert-OH is 3. The van der Waals surface area contributed by atoms with Gasteiger partial charge >= 0.3 is 41.8 Å². The van der Waals surface area contributed by atoms with E-state index in [0.717, 1.165) is 48.5 Å². The van der Waals surface area contributed by atoms with E-state index in [2.05, 4.69) is 15.9 Å². The summed E-state index contributed by atoms with van der Waals surface area (Å²) < 4.78 is 69.1. The second-order valence-corrected chi connectivity index (χ2v) is 16.6. The fourth-order valence-corrected chi connectivity index (χ4v) is 9.02. The number of carbonyl (C=O) groups excluding carboxylic acids is 9. The first-order chi connectivity index (χ1) is 32.0. The fourth-order valence-electron chi connectivity index (χ4n) is 8.38. The van der Waals surface area contributed by atoms with Crippen molar-refractivity contribution in [1.82, 2.24) is 4.90 Å². The van der Waals surface area contributed by atoms with E-state index in [9.17, 15) is 58.5 Å². The number of nitrogens with zero attached hydrogens (tertiary/aromatic N) is 1. The van der Waals surface area contributed by atoms with Gasteiger partial charge in [0.05, 0.1) is 17.7 Å². The molecule has 4 heterocycles. The van der Waals surface area contributed by atoms with Crippen molar-refractivity contribution < 1.29 is 115 Å². The van der Waals surface area contributed by atoms with Gasteiger partial charge in [0.15, 0.2) is 49.4 Å². The highest BCUT2D eigenvalue weighted by molar-refractivity contribution is 9.09. The number of aliphatic hydroxyl groups is 3. The van der Waals surface area contributed by atoms with Gasteiger partial charge in [-0.25, -0.2) is 0 Å². The number of imide groups is 1. The molecule has 1 aromatic rings. The summed E-state index contributed by atoms with van der Waals surface area (Å²) in [6.45, 7) is 4.43. The Bertz CT molecular complexity index is 2050. The highest BCUT2D eigenvalue weighted by atomic mass is 79.9. The maximum Gasteiger partial charge on any atom is 0.303 e. The molecule has 0 aliphatic carbocycles. The van der Waals surface area contributed by atoms with Gasteiger partial charge < -0.3 is 72.2 Å². The summed E-state index contributed by atoms with van der Waals surface area (Å²) in [5.41, 5.74) is -2.47. The number of carbonyl (C=O) groups is 9. The Hall–Kier alpha value is -5.19. The van der Waals surface area contributed by atoms with Crippen molar-refractivity contribution in [3.63, 3.8) is 0 Å². The Balaban J connectivity index is 1.62. The van der Waals surface area contributed by atoms with Gasteiger partial charge in [-0.15, -0.1) is 0 Å². The molecule has 15 atom stereocenters. The number of halogens is 1. The summed E-state index contributed by atoms with van der Waals surface area (Å²) in [5.74, 6) is -8.62. The van der Waals surface area contributed by atoms with Gasteiger partial charge in [0.25, 0.3) is 11.8 Å². The summed E-state index contributed by atoms with van der Waals surface area (Å²) in [6.07, 6.45) is -26.7. The third kappa shape index (κ3) is 11.8. The lowest BCUT2D eigenvalue weighted by atomic mass is 9.79. The van der Waals surface area contributed by atoms with Gasteiger partial charge in [-0.1, -0.05) is 28.1 Å². The van der Waals surface area contributed by atoms with Crippen LogP contribution >= 0.6 is 15.9 Å². The van der Waals surface area contributed by atoms with Crippen LogP contribution in [0, 0.1) is 0 Å². The van der Waals surface area contributed by atoms with E-state index in [1.807, 2.05) is 0 Å². The zero-order valence-electron chi connectivity index (χ0n) is 37.7. The maximum atomic E-state index is 14.0. The molecule has 3 saturated heterocycles. The van der Waals surface area contributed by atoms with Crippen LogP contribution in [0.25, 0.3) is 0 Å². The van der Waals surface area contributed by atoms with Crippen LogP contribution in [-0.4, -0.2) is 191 Å². The number of amides is 2. The molecule has 2 amide bonds. The number of benzene rings is 1. The van der Waals surface area contributed by atoms with Crippen LogP contribution in [0.4, 0.5) is 0 Å². The van der Waals surface area contributed by atoms with Crippen molar-refractivity contribution in [2.45, 2.75) is 146 Å². The van der Waals surface area contributed by atoms with Crippen LogP contribution in [0.2, 0.25) is 0 Å². The lowest BCUT2D eigenvalue weighted by Gasteiger charge is -2.54. The third-order valence-electron chi connectivity index (χ3n) is 11.0. The summed E-state index contributed by atoms with van der Waals surface area (Å²) >= 11 is 3.25. The summed E-state index contributed by atoms with van der Waals surface area (Å²) in [7, 11) is 0. The molecule has 4 aliphatic rings. The molecule has 0 aromatic heterocycles. The number of hydrogen-bond acceptors (Lipinski definition) is 24. The van der Waals surface area contributed by atoms with Crippen LogP contribution in [0.1, 0.15) is 75.6 Å². The average molecular weight is 1030 g/mol. The number of fused-ring (bicyclic) bond motifs is 1. The molecule has 3 N–H and O–H groups in total. The Morgan fingerprint density at radius 1 is 0.574 bits per heavy atom. The van der Waals surface area contributed by atoms with Gasteiger partial charge in [0, 0.05) is 53.8 Å². The number of esters is 7. The minimum Gasteiger partial charge on any atom is -0.463 e. The molecule has 3 fully saturated rings. The Labute approximate surface area is 395 Å². The largest absolute Gasteiger partial charge is 0.463 e.